The maximum atomic E-state index is 5.81. The lowest BCUT2D eigenvalue weighted by Gasteiger charge is -2.48. The summed E-state index contributed by atoms with van der Waals surface area (Å²) in [6.07, 6.45) is 4.24. The summed E-state index contributed by atoms with van der Waals surface area (Å²) in [5.41, 5.74) is 5.81. The lowest BCUT2D eigenvalue weighted by Crippen LogP contribution is -2.61. The molecule has 1 aliphatic carbocycles. The van der Waals surface area contributed by atoms with Crippen LogP contribution in [0.2, 0.25) is 0 Å². The van der Waals surface area contributed by atoms with E-state index >= 15 is 0 Å². The van der Waals surface area contributed by atoms with E-state index in [1.165, 1.54) is 19.3 Å². The zero-order valence-electron chi connectivity index (χ0n) is 8.87. The van der Waals surface area contributed by atoms with Gasteiger partial charge in [0.1, 0.15) is 0 Å². The highest BCUT2D eigenvalue weighted by Crippen LogP contribution is 2.33. The van der Waals surface area contributed by atoms with E-state index < -0.39 is 0 Å². The predicted octanol–water partition coefficient (Wildman–Crippen LogP) is 1.45. The highest BCUT2D eigenvalue weighted by molar-refractivity contribution is 4.92. The summed E-state index contributed by atoms with van der Waals surface area (Å²) in [7, 11) is 0. The van der Waals surface area contributed by atoms with Gasteiger partial charge >= 0.3 is 0 Å². The minimum Gasteiger partial charge on any atom is -0.325 e. The van der Waals surface area contributed by atoms with E-state index in [1.807, 2.05) is 0 Å². The molecule has 2 fully saturated rings. The molecule has 0 aromatic rings. The van der Waals surface area contributed by atoms with Crippen LogP contribution in [0.5, 0.6) is 0 Å². The van der Waals surface area contributed by atoms with Gasteiger partial charge in [-0.1, -0.05) is 20.3 Å². The SMILES string of the molecule is CC1CCC(C)C(N2CC(N)C2)C1. The van der Waals surface area contributed by atoms with Gasteiger partial charge in [0.2, 0.25) is 0 Å². The molecule has 2 rings (SSSR count). The minimum absolute atomic E-state index is 0.462. The van der Waals surface area contributed by atoms with Crippen LogP contribution in [0.3, 0.4) is 0 Å². The first-order valence-electron chi connectivity index (χ1n) is 5.66. The summed E-state index contributed by atoms with van der Waals surface area (Å²) in [6.45, 7) is 7.07. The van der Waals surface area contributed by atoms with Crippen molar-refractivity contribution in [2.45, 2.75) is 45.2 Å². The Morgan fingerprint density at radius 1 is 1.15 bits per heavy atom. The van der Waals surface area contributed by atoms with Crippen LogP contribution in [0.1, 0.15) is 33.1 Å². The van der Waals surface area contributed by atoms with Crippen LogP contribution >= 0.6 is 0 Å². The summed E-state index contributed by atoms with van der Waals surface area (Å²) in [5.74, 6) is 1.82. The lowest BCUT2D eigenvalue weighted by atomic mass is 9.78. The molecular weight excluding hydrogens is 160 g/mol. The van der Waals surface area contributed by atoms with Crippen molar-refractivity contribution < 1.29 is 0 Å². The Balaban J connectivity index is 1.89. The third kappa shape index (κ3) is 1.89. The maximum Gasteiger partial charge on any atom is 0.0297 e. The van der Waals surface area contributed by atoms with E-state index in [9.17, 15) is 0 Å². The molecular formula is C11H22N2. The zero-order chi connectivity index (χ0) is 9.42. The predicted molar refractivity (Wildman–Crippen MR) is 55.5 cm³/mol. The van der Waals surface area contributed by atoms with Gasteiger partial charge in [0.05, 0.1) is 0 Å². The Labute approximate surface area is 81.5 Å². The molecule has 0 amide bonds. The molecule has 1 aliphatic heterocycles. The second kappa shape index (κ2) is 3.58. The number of hydrogen-bond donors (Lipinski definition) is 1. The molecule has 2 aliphatic rings. The number of rotatable bonds is 1. The van der Waals surface area contributed by atoms with Gasteiger partial charge in [0.25, 0.3) is 0 Å². The Kier molecular flexibility index (Phi) is 2.61. The minimum atomic E-state index is 0.462. The van der Waals surface area contributed by atoms with Gasteiger partial charge in [-0.15, -0.1) is 0 Å². The van der Waals surface area contributed by atoms with Crippen LogP contribution in [0.15, 0.2) is 0 Å². The van der Waals surface area contributed by atoms with Gasteiger partial charge in [0.15, 0.2) is 0 Å². The van der Waals surface area contributed by atoms with E-state index in [0.29, 0.717) is 6.04 Å². The molecule has 3 unspecified atom stereocenters. The fourth-order valence-corrected chi connectivity index (χ4v) is 2.83. The van der Waals surface area contributed by atoms with Gasteiger partial charge in [-0.05, 0) is 24.7 Å². The van der Waals surface area contributed by atoms with Crippen molar-refractivity contribution in [3.63, 3.8) is 0 Å². The van der Waals surface area contributed by atoms with Gasteiger partial charge in [0, 0.05) is 25.2 Å². The molecule has 2 heteroatoms. The van der Waals surface area contributed by atoms with Crippen LogP contribution in [-0.4, -0.2) is 30.1 Å². The molecule has 3 atom stereocenters. The summed E-state index contributed by atoms with van der Waals surface area (Å²) < 4.78 is 0. The fraction of sp³-hybridized carbons (Fsp3) is 1.00. The fourth-order valence-electron chi connectivity index (χ4n) is 2.83. The topological polar surface area (TPSA) is 29.3 Å². The van der Waals surface area contributed by atoms with Crippen LogP contribution in [0.4, 0.5) is 0 Å². The van der Waals surface area contributed by atoms with Gasteiger partial charge in [-0.25, -0.2) is 0 Å². The highest BCUT2D eigenvalue weighted by atomic mass is 15.2. The Hall–Kier alpha value is -0.0800. The highest BCUT2D eigenvalue weighted by Gasteiger charge is 2.35. The van der Waals surface area contributed by atoms with Crippen LogP contribution < -0.4 is 5.73 Å². The van der Waals surface area contributed by atoms with Crippen molar-refractivity contribution in [2.75, 3.05) is 13.1 Å². The lowest BCUT2D eigenvalue weighted by molar-refractivity contribution is 0.0288. The quantitative estimate of drug-likeness (QED) is 0.665. The monoisotopic (exact) mass is 182 g/mol. The molecule has 0 aromatic carbocycles. The molecule has 1 heterocycles. The van der Waals surface area contributed by atoms with Crippen LogP contribution in [0, 0.1) is 11.8 Å². The number of nitrogens with two attached hydrogens (primary N) is 1. The molecule has 2 N–H and O–H groups in total. The number of hydrogen-bond acceptors (Lipinski definition) is 2. The van der Waals surface area contributed by atoms with Gasteiger partial charge < -0.3 is 5.73 Å². The Bertz CT molecular complexity index is 175. The summed E-state index contributed by atoms with van der Waals surface area (Å²) >= 11 is 0. The molecule has 13 heavy (non-hydrogen) atoms. The summed E-state index contributed by atoms with van der Waals surface area (Å²) in [4.78, 5) is 2.59. The average Bonchev–Trinajstić information content (AvgIpc) is 2.04. The standard InChI is InChI=1S/C11H22N2/c1-8-3-4-9(2)11(5-8)13-6-10(12)7-13/h8-11H,3-7,12H2,1-2H3. The molecule has 0 spiro atoms. The zero-order valence-corrected chi connectivity index (χ0v) is 8.87. The van der Waals surface area contributed by atoms with Crippen molar-refractivity contribution in [1.29, 1.82) is 0 Å². The summed E-state index contributed by atoms with van der Waals surface area (Å²) in [5, 5.41) is 0. The third-order valence-electron chi connectivity index (χ3n) is 3.82. The summed E-state index contributed by atoms with van der Waals surface area (Å²) in [6, 6.07) is 1.30. The van der Waals surface area contributed by atoms with Gasteiger partial charge in [-0.3, -0.25) is 4.90 Å². The maximum absolute atomic E-state index is 5.81. The third-order valence-corrected chi connectivity index (χ3v) is 3.82. The van der Waals surface area contributed by atoms with Crippen molar-refractivity contribution in [3.8, 4) is 0 Å². The molecule has 1 saturated heterocycles. The normalized spacial score (nSPS) is 43.2. The largest absolute Gasteiger partial charge is 0.325 e. The molecule has 0 radical (unpaired) electrons. The Morgan fingerprint density at radius 3 is 2.46 bits per heavy atom. The first-order valence-corrected chi connectivity index (χ1v) is 5.66. The van der Waals surface area contributed by atoms with E-state index in [4.69, 9.17) is 5.73 Å². The van der Waals surface area contributed by atoms with E-state index in [1.54, 1.807) is 0 Å². The van der Waals surface area contributed by atoms with Crippen molar-refractivity contribution in [1.82, 2.24) is 4.90 Å². The first-order chi connectivity index (χ1) is 6.16. The number of likely N-dealkylation sites (tertiary alicyclic amines) is 1. The molecule has 1 saturated carbocycles. The first kappa shape index (κ1) is 9.47. The van der Waals surface area contributed by atoms with Crippen LogP contribution in [0.25, 0.3) is 0 Å². The molecule has 2 nitrogen and oxygen atoms in total. The van der Waals surface area contributed by atoms with Crippen molar-refractivity contribution in [2.24, 2.45) is 17.6 Å². The van der Waals surface area contributed by atoms with Crippen molar-refractivity contribution in [3.05, 3.63) is 0 Å². The van der Waals surface area contributed by atoms with Crippen LogP contribution in [-0.2, 0) is 0 Å². The second-order valence-electron chi connectivity index (χ2n) is 5.18. The number of nitrogens with zero attached hydrogens (tertiary/aromatic N) is 1. The van der Waals surface area contributed by atoms with E-state index in [2.05, 4.69) is 18.7 Å². The van der Waals surface area contributed by atoms with E-state index in [-0.39, 0.29) is 0 Å². The molecule has 0 bridgehead atoms. The molecule has 0 aromatic heterocycles. The average molecular weight is 182 g/mol. The van der Waals surface area contributed by atoms with Crippen molar-refractivity contribution >= 4 is 0 Å². The second-order valence-corrected chi connectivity index (χ2v) is 5.18. The van der Waals surface area contributed by atoms with Gasteiger partial charge in [-0.2, -0.15) is 0 Å². The van der Waals surface area contributed by atoms with E-state index in [0.717, 1.165) is 31.0 Å². The smallest absolute Gasteiger partial charge is 0.0297 e. The molecule has 76 valence electrons. The Morgan fingerprint density at radius 2 is 1.85 bits per heavy atom.